The number of aryl methyl sites for hydroxylation is 1. The van der Waals surface area contributed by atoms with Crippen LogP contribution >= 0.6 is 0 Å². The summed E-state index contributed by atoms with van der Waals surface area (Å²) in [5.74, 6) is -0.358. The SMILES string of the molecule is CCOC(=O)CN(C)c1ccc(C)c([N+](=O)[O-])c1. The van der Waals surface area contributed by atoms with Gasteiger partial charge in [0.15, 0.2) is 0 Å². The number of nitro benzene ring substituents is 1. The van der Waals surface area contributed by atoms with Gasteiger partial charge in [0.25, 0.3) is 5.69 Å². The minimum absolute atomic E-state index is 0.0446. The lowest BCUT2D eigenvalue weighted by Crippen LogP contribution is -2.27. The van der Waals surface area contributed by atoms with Gasteiger partial charge >= 0.3 is 5.97 Å². The first-order chi connectivity index (χ1) is 8.45. The summed E-state index contributed by atoms with van der Waals surface area (Å²) in [4.78, 5) is 23.3. The summed E-state index contributed by atoms with van der Waals surface area (Å²) >= 11 is 0. The molecule has 0 spiro atoms. The van der Waals surface area contributed by atoms with Crippen LogP contribution in [-0.2, 0) is 9.53 Å². The largest absolute Gasteiger partial charge is 0.465 e. The Morgan fingerprint density at radius 1 is 1.50 bits per heavy atom. The van der Waals surface area contributed by atoms with Crippen molar-refractivity contribution >= 4 is 17.3 Å². The summed E-state index contributed by atoms with van der Waals surface area (Å²) in [5, 5.41) is 10.8. The van der Waals surface area contributed by atoms with Gasteiger partial charge in [0.2, 0.25) is 0 Å². The Labute approximate surface area is 105 Å². The highest BCUT2D eigenvalue weighted by Gasteiger charge is 2.14. The number of hydrogen-bond acceptors (Lipinski definition) is 5. The van der Waals surface area contributed by atoms with Gasteiger partial charge in [0, 0.05) is 24.4 Å². The van der Waals surface area contributed by atoms with Crippen LogP contribution in [0.4, 0.5) is 11.4 Å². The van der Waals surface area contributed by atoms with Gasteiger partial charge in [0.05, 0.1) is 11.5 Å². The lowest BCUT2D eigenvalue weighted by Gasteiger charge is -2.18. The minimum Gasteiger partial charge on any atom is -0.465 e. The third-order valence-electron chi connectivity index (χ3n) is 2.50. The fourth-order valence-electron chi connectivity index (χ4n) is 1.52. The molecule has 0 aliphatic heterocycles. The van der Waals surface area contributed by atoms with Crippen molar-refractivity contribution in [2.24, 2.45) is 0 Å². The van der Waals surface area contributed by atoms with E-state index in [9.17, 15) is 14.9 Å². The predicted molar refractivity (Wildman–Crippen MR) is 67.7 cm³/mol. The fourth-order valence-corrected chi connectivity index (χ4v) is 1.52. The Bertz CT molecular complexity index is 459. The van der Waals surface area contributed by atoms with Crippen molar-refractivity contribution in [1.82, 2.24) is 0 Å². The first-order valence-corrected chi connectivity index (χ1v) is 5.57. The number of anilines is 1. The highest BCUT2D eigenvalue weighted by Crippen LogP contribution is 2.24. The Morgan fingerprint density at radius 2 is 2.17 bits per heavy atom. The number of carbonyl (C=O) groups excluding carboxylic acids is 1. The Hall–Kier alpha value is -2.11. The van der Waals surface area contributed by atoms with E-state index in [0.29, 0.717) is 17.9 Å². The van der Waals surface area contributed by atoms with Gasteiger partial charge in [-0.05, 0) is 19.9 Å². The predicted octanol–water partition coefficient (Wildman–Crippen LogP) is 1.90. The minimum atomic E-state index is -0.433. The zero-order valence-corrected chi connectivity index (χ0v) is 10.7. The molecule has 0 saturated heterocycles. The van der Waals surface area contributed by atoms with Gasteiger partial charge in [-0.1, -0.05) is 6.07 Å². The average molecular weight is 252 g/mol. The molecule has 0 radical (unpaired) electrons. The van der Waals surface area contributed by atoms with Gasteiger partial charge in [-0.15, -0.1) is 0 Å². The Balaban J connectivity index is 2.86. The van der Waals surface area contributed by atoms with Crippen molar-refractivity contribution in [3.63, 3.8) is 0 Å². The highest BCUT2D eigenvalue weighted by atomic mass is 16.6. The van der Waals surface area contributed by atoms with E-state index in [4.69, 9.17) is 4.74 Å². The molecule has 0 amide bonds. The molecule has 0 saturated carbocycles. The third-order valence-corrected chi connectivity index (χ3v) is 2.50. The number of esters is 1. The number of carbonyl (C=O) groups is 1. The van der Waals surface area contributed by atoms with E-state index >= 15 is 0 Å². The standard InChI is InChI=1S/C12H16N2O4/c1-4-18-12(15)8-13(3)10-6-5-9(2)11(7-10)14(16)17/h5-7H,4,8H2,1-3H3. The van der Waals surface area contributed by atoms with Crippen LogP contribution in [0.15, 0.2) is 18.2 Å². The maximum atomic E-state index is 11.3. The van der Waals surface area contributed by atoms with Crippen molar-refractivity contribution in [2.75, 3.05) is 25.1 Å². The number of rotatable bonds is 5. The molecular weight excluding hydrogens is 236 g/mol. The molecule has 6 heteroatoms. The normalized spacial score (nSPS) is 9.94. The molecule has 18 heavy (non-hydrogen) atoms. The van der Waals surface area contributed by atoms with E-state index in [1.165, 1.54) is 6.07 Å². The Morgan fingerprint density at radius 3 is 2.72 bits per heavy atom. The van der Waals surface area contributed by atoms with E-state index in [2.05, 4.69) is 0 Å². The van der Waals surface area contributed by atoms with Gasteiger partial charge in [-0.25, -0.2) is 0 Å². The van der Waals surface area contributed by atoms with E-state index < -0.39 is 4.92 Å². The quantitative estimate of drug-likeness (QED) is 0.454. The third kappa shape index (κ3) is 3.44. The van der Waals surface area contributed by atoms with E-state index in [1.807, 2.05) is 0 Å². The average Bonchev–Trinajstić information content (AvgIpc) is 2.29. The molecule has 0 bridgehead atoms. The molecule has 98 valence electrons. The Kier molecular flexibility index (Phi) is 4.65. The van der Waals surface area contributed by atoms with Crippen molar-refractivity contribution in [2.45, 2.75) is 13.8 Å². The van der Waals surface area contributed by atoms with Gasteiger partial charge in [-0.3, -0.25) is 14.9 Å². The molecule has 0 fully saturated rings. The second-order valence-electron chi connectivity index (χ2n) is 3.89. The summed E-state index contributed by atoms with van der Waals surface area (Å²) in [6, 6.07) is 4.85. The van der Waals surface area contributed by atoms with E-state index in [0.717, 1.165) is 0 Å². The monoisotopic (exact) mass is 252 g/mol. The number of benzene rings is 1. The molecule has 0 aromatic heterocycles. The molecule has 1 aromatic carbocycles. The van der Waals surface area contributed by atoms with Crippen LogP contribution in [0.1, 0.15) is 12.5 Å². The van der Waals surface area contributed by atoms with Gasteiger partial charge < -0.3 is 9.64 Å². The molecule has 0 aliphatic rings. The number of nitro groups is 1. The number of hydrogen-bond donors (Lipinski definition) is 0. The zero-order valence-electron chi connectivity index (χ0n) is 10.7. The van der Waals surface area contributed by atoms with Gasteiger partial charge in [0.1, 0.15) is 6.54 Å². The number of ether oxygens (including phenoxy) is 1. The van der Waals surface area contributed by atoms with E-state index in [1.54, 1.807) is 37.9 Å². The summed E-state index contributed by atoms with van der Waals surface area (Å²) in [7, 11) is 1.69. The molecule has 0 heterocycles. The molecule has 0 N–H and O–H groups in total. The first kappa shape index (κ1) is 14.0. The second kappa shape index (κ2) is 6.00. The van der Waals surface area contributed by atoms with Crippen molar-refractivity contribution in [3.8, 4) is 0 Å². The maximum Gasteiger partial charge on any atom is 0.325 e. The topological polar surface area (TPSA) is 72.7 Å². The van der Waals surface area contributed by atoms with Crippen molar-refractivity contribution < 1.29 is 14.5 Å². The van der Waals surface area contributed by atoms with Crippen LogP contribution in [0.2, 0.25) is 0 Å². The molecule has 6 nitrogen and oxygen atoms in total. The summed E-state index contributed by atoms with van der Waals surface area (Å²) < 4.78 is 4.82. The molecular formula is C12H16N2O4. The van der Waals surface area contributed by atoms with Crippen LogP contribution in [0, 0.1) is 17.0 Å². The smallest absolute Gasteiger partial charge is 0.325 e. The van der Waals surface area contributed by atoms with Crippen LogP contribution in [0.25, 0.3) is 0 Å². The van der Waals surface area contributed by atoms with Gasteiger partial charge in [-0.2, -0.15) is 0 Å². The number of nitrogens with zero attached hydrogens (tertiary/aromatic N) is 2. The van der Waals surface area contributed by atoms with Crippen LogP contribution in [0.5, 0.6) is 0 Å². The van der Waals surface area contributed by atoms with Crippen molar-refractivity contribution in [1.29, 1.82) is 0 Å². The second-order valence-corrected chi connectivity index (χ2v) is 3.89. The molecule has 0 unspecified atom stereocenters. The van der Waals surface area contributed by atoms with Crippen LogP contribution in [0.3, 0.4) is 0 Å². The summed E-state index contributed by atoms with van der Waals surface area (Å²) in [5.41, 5.74) is 1.25. The molecule has 0 atom stereocenters. The van der Waals surface area contributed by atoms with E-state index in [-0.39, 0.29) is 18.2 Å². The lowest BCUT2D eigenvalue weighted by molar-refractivity contribution is -0.385. The molecule has 1 rings (SSSR count). The highest BCUT2D eigenvalue weighted by molar-refractivity contribution is 5.76. The zero-order chi connectivity index (χ0) is 13.7. The lowest BCUT2D eigenvalue weighted by atomic mass is 10.2. The molecule has 1 aromatic rings. The maximum absolute atomic E-state index is 11.3. The summed E-state index contributed by atoms with van der Waals surface area (Å²) in [6.07, 6.45) is 0. The fraction of sp³-hybridized carbons (Fsp3) is 0.417. The van der Waals surface area contributed by atoms with Crippen LogP contribution < -0.4 is 4.90 Å². The summed E-state index contributed by atoms with van der Waals surface area (Å²) in [6.45, 7) is 3.79. The number of likely N-dealkylation sites (N-methyl/N-ethyl adjacent to an activating group) is 1. The van der Waals surface area contributed by atoms with Crippen molar-refractivity contribution in [3.05, 3.63) is 33.9 Å². The molecule has 0 aliphatic carbocycles. The first-order valence-electron chi connectivity index (χ1n) is 5.57. The van der Waals surface area contributed by atoms with Crippen LogP contribution in [-0.4, -0.2) is 31.1 Å².